The van der Waals surface area contributed by atoms with Crippen LogP contribution in [0.4, 0.5) is 23.2 Å². The monoisotopic (exact) mass is 341 g/mol. The summed E-state index contributed by atoms with van der Waals surface area (Å²) in [5.74, 6) is -1.25. The van der Waals surface area contributed by atoms with E-state index in [0.717, 1.165) is 30.3 Å². The van der Waals surface area contributed by atoms with Crippen LogP contribution in [0.3, 0.4) is 0 Å². The summed E-state index contributed by atoms with van der Waals surface area (Å²) in [5, 5.41) is 2.34. The third-order valence-electron chi connectivity index (χ3n) is 3.00. The predicted octanol–water partition coefficient (Wildman–Crippen LogP) is 4.88. The Balaban J connectivity index is 2.36. The van der Waals surface area contributed by atoms with E-state index in [1.165, 1.54) is 12.1 Å². The first-order valence-corrected chi connectivity index (χ1v) is 7.11. The molecule has 0 saturated carbocycles. The number of benzene rings is 2. The summed E-state index contributed by atoms with van der Waals surface area (Å²) < 4.78 is 57.2. The van der Waals surface area contributed by atoms with Gasteiger partial charge in [-0.25, -0.2) is 4.39 Å². The molecular weight excluding hydrogens is 326 g/mol. The highest BCUT2D eigenvalue weighted by Gasteiger charge is 2.31. The molecule has 7 heteroatoms. The Morgan fingerprint density at radius 3 is 2.42 bits per heavy atom. The van der Waals surface area contributed by atoms with E-state index < -0.39 is 23.5 Å². The molecule has 24 heavy (non-hydrogen) atoms. The number of hydrogen-bond donors (Lipinski definition) is 1. The first kappa shape index (κ1) is 17.8. The maximum Gasteiger partial charge on any atom is 0.416 e. The topological polar surface area (TPSA) is 38.3 Å². The van der Waals surface area contributed by atoms with Gasteiger partial charge in [-0.1, -0.05) is 6.07 Å². The molecule has 2 aromatic rings. The van der Waals surface area contributed by atoms with Crippen molar-refractivity contribution in [2.24, 2.45) is 0 Å². The largest absolute Gasteiger partial charge is 0.489 e. The van der Waals surface area contributed by atoms with Gasteiger partial charge in [-0.05, 0) is 50.2 Å². The van der Waals surface area contributed by atoms with Gasteiger partial charge in [0.1, 0.15) is 11.6 Å². The number of hydrogen-bond acceptors (Lipinski definition) is 2. The van der Waals surface area contributed by atoms with E-state index >= 15 is 0 Å². The molecule has 0 aliphatic rings. The summed E-state index contributed by atoms with van der Waals surface area (Å²) in [6.07, 6.45) is -4.86. The normalized spacial score (nSPS) is 11.5. The minimum Gasteiger partial charge on any atom is -0.489 e. The van der Waals surface area contributed by atoms with Crippen molar-refractivity contribution in [1.29, 1.82) is 0 Å². The van der Waals surface area contributed by atoms with Crippen LogP contribution in [0.2, 0.25) is 0 Å². The number of halogens is 4. The molecule has 1 N–H and O–H groups in total. The Morgan fingerprint density at radius 2 is 1.83 bits per heavy atom. The lowest BCUT2D eigenvalue weighted by atomic mass is 10.1. The van der Waals surface area contributed by atoms with Crippen LogP contribution in [0.15, 0.2) is 42.5 Å². The number of alkyl halides is 3. The molecule has 0 saturated heterocycles. The number of carbonyl (C=O) groups is 1. The van der Waals surface area contributed by atoms with Gasteiger partial charge in [-0.3, -0.25) is 4.79 Å². The van der Waals surface area contributed by atoms with Crippen molar-refractivity contribution in [1.82, 2.24) is 0 Å². The zero-order valence-corrected chi connectivity index (χ0v) is 12.9. The number of ether oxygens (including phenoxy) is 1. The molecule has 0 aliphatic carbocycles. The first-order chi connectivity index (χ1) is 11.2. The Hall–Kier alpha value is -2.57. The molecule has 0 aliphatic heterocycles. The predicted molar refractivity (Wildman–Crippen MR) is 81.6 cm³/mol. The van der Waals surface area contributed by atoms with Crippen molar-refractivity contribution in [3.63, 3.8) is 0 Å². The molecule has 1 amide bonds. The Kier molecular flexibility index (Phi) is 5.11. The average molecular weight is 341 g/mol. The van der Waals surface area contributed by atoms with E-state index in [2.05, 4.69) is 5.32 Å². The number of amides is 1. The Bertz CT molecular complexity index is 742. The fourth-order valence-electron chi connectivity index (χ4n) is 1.98. The van der Waals surface area contributed by atoms with Gasteiger partial charge in [0.05, 0.1) is 17.4 Å². The molecule has 2 aromatic carbocycles. The molecule has 2 rings (SSSR count). The van der Waals surface area contributed by atoms with Gasteiger partial charge in [-0.2, -0.15) is 13.2 Å². The molecule has 0 bridgehead atoms. The molecule has 128 valence electrons. The Morgan fingerprint density at radius 1 is 1.12 bits per heavy atom. The van der Waals surface area contributed by atoms with E-state index in [1.807, 2.05) is 0 Å². The van der Waals surface area contributed by atoms with Crippen molar-refractivity contribution in [2.45, 2.75) is 26.1 Å². The van der Waals surface area contributed by atoms with Crippen LogP contribution in [0.25, 0.3) is 0 Å². The van der Waals surface area contributed by atoms with E-state index in [9.17, 15) is 22.4 Å². The molecule has 0 unspecified atom stereocenters. The quantitative estimate of drug-likeness (QED) is 0.805. The molecule has 3 nitrogen and oxygen atoms in total. The van der Waals surface area contributed by atoms with Gasteiger partial charge in [0.2, 0.25) is 0 Å². The van der Waals surface area contributed by atoms with Crippen LogP contribution in [-0.2, 0) is 6.18 Å². The van der Waals surface area contributed by atoms with Gasteiger partial charge in [0.25, 0.3) is 5.91 Å². The lowest BCUT2D eigenvalue weighted by molar-refractivity contribution is -0.137. The fraction of sp³-hybridized carbons (Fsp3) is 0.235. The summed E-state index contributed by atoms with van der Waals surface area (Å²) >= 11 is 0. The second-order valence-corrected chi connectivity index (χ2v) is 5.34. The standard InChI is InChI=1S/C17H15F4NO2/c1-10(2)24-15-7-6-12(17(19,20)21)9-14(15)22-16(23)11-4-3-5-13(18)8-11/h3-10H,1-2H3,(H,22,23). The van der Waals surface area contributed by atoms with Crippen molar-refractivity contribution in [2.75, 3.05) is 5.32 Å². The number of carbonyl (C=O) groups excluding carboxylic acids is 1. The second kappa shape index (κ2) is 6.90. The molecule has 0 fully saturated rings. The van der Waals surface area contributed by atoms with Crippen molar-refractivity contribution >= 4 is 11.6 Å². The minimum absolute atomic E-state index is 0.0112. The van der Waals surface area contributed by atoms with Gasteiger partial charge >= 0.3 is 6.18 Å². The third-order valence-corrected chi connectivity index (χ3v) is 3.00. The zero-order valence-electron chi connectivity index (χ0n) is 12.9. The van der Waals surface area contributed by atoms with E-state index in [0.29, 0.717) is 0 Å². The van der Waals surface area contributed by atoms with Gasteiger partial charge in [-0.15, -0.1) is 0 Å². The molecule has 0 radical (unpaired) electrons. The van der Waals surface area contributed by atoms with E-state index in [4.69, 9.17) is 4.74 Å². The number of anilines is 1. The number of nitrogens with one attached hydrogen (secondary N) is 1. The van der Waals surface area contributed by atoms with Crippen molar-refractivity contribution < 1.29 is 27.1 Å². The van der Waals surface area contributed by atoms with Crippen LogP contribution < -0.4 is 10.1 Å². The SMILES string of the molecule is CC(C)Oc1ccc(C(F)(F)F)cc1NC(=O)c1cccc(F)c1. The van der Waals surface area contributed by atoms with Crippen LogP contribution in [0, 0.1) is 5.82 Å². The van der Waals surface area contributed by atoms with E-state index in [-0.39, 0.29) is 23.1 Å². The lowest BCUT2D eigenvalue weighted by Gasteiger charge is -2.17. The summed E-state index contributed by atoms with van der Waals surface area (Å²) in [6.45, 7) is 3.41. The average Bonchev–Trinajstić information content (AvgIpc) is 2.47. The summed E-state index contributed by atoms with van der Waals surface area (Å²) in [7, 11) is 0. The summed E-state index contributed by atoms with van der Waals surface area (Å²) in [6, 6.07) is 7.64. The summed E-state index contributed by atoms with van der Waals surface area (Å²) in [4.78, 5) is 12.2. The third kappa shape index (κ3) is 4.47. The minimum atomic E-state index is -4.56. The maximum absolute atomic E-state index is 13.2. The highest BCUT2D eigenvalue weighted by atomic mass is 19.4. The van der Waals surface area contributed by atoms with Crippen LogP contribution >= 0.6 is 0 Å². The molecule has 0 spiro atoms. The van der Waals surface area contributed by atoms with Crippen LogP contribution in [0.1, 0.15) is 29.8 Å². The van der Waals surface area contributed by atoms with Gasteiger partial charge in [0.15, 0.2) is 0 Å². The smallest absolute Gasteiger partial charge is 0.416 e. The maximum atomic E-state index is 13.2. The molecule has 0 heterocycles. The molecule has 0 atom stereocenters. The van der Waals surface area contributed by atoms with Gasteiger partial charge < -0.3 is 10.1 Å². The fourth-order valence-corrected chi connectivity index (χ4v) is 1.98. The van der Waals surface area contributed by atoms with E-state index in [1.54, 1.807) is 13.8 Å². The lowest BCUT2D eigenvalue weighted by Crippen LogP contribution is -2.16. The van der Waals surface area contributed by atoms with Crippen molar-refractivity contribution in [3.05, 3.63) is 59.4 Å². The summed E-state index contributed by atoms with van der Waals surface area (Å²) in [5.41, 5.74) is -1.07. The Labute approximate surface area is 136 Å². The van der Waals surface area contributed by atoms with Gasteiger partial charge in [0, 0.05) is 5.56 Å². The highest BCUT2D eigenvalue weighted by molar-refractivity contribution is 6.05. The highest BCUT2D eigenvalue weighted by Crippen LogP contribution is 2.35. The molecular formula is C17H15F4NO2. The molecule has 0 aromatic heterocycles. The first-order valence-electron chi connectivity index (χ1n) is 7.11. The van der Waals surface area contributed by atoms with Crippen molar-refractivity contribution in [3.8, 4) is 5.75 Å². The number of rotatable bonds is 4. The van der Waals surface area contributed by atoms with Crippen LogP contribution in [0.5, 0.6) is 5.75 Å². The zero-order chi connectivity index (χ0) is 17.9. The van der Waals surface area contributed by atoms with Crippen LogP contribution in [-0.4, -0.2) is 12.0 Å². The second-order valence-electron chi connectivity index (χ2n) is 5.34.